The van der Waals surface area contributed by atoms with E-state index in [9.17, 15) is 14.4 Å². The Hall–Kier alpha value is -3.64. The molecule has 1 aliphatic heterocycles. The average molecular weight is 476 g/mol. The zero-order valence-electron chi connectivity index (χ0n) is 18.7. The van der Waals surface area contributed by atoms with Gasteiger partial charge in [0.05, 0.1) is 5.92 Å². The number of carbonyl (C=O) groups is 3. The Morgan fingerprint density at radius 2 is 1.56 bits per heavy atom. The molecule has 0 spiro atoms. The predicted octanol–water partition coefficient (Wildman–Crippen LogP) is 4.76. The average Bonchev–Trinajstić information content (AvgIpc) is 2.88. The van der Waals surface area contributed by atoms with Crippen LogP contribution in [0.15, 0.2) is 78.9 Å². The molecule has 7 heteroatoms. The molecule has 2 N–H and O–H groups in total. The summed E-state index contributed by atoms with van der Waals surface area (Å²) in [6, 6.07) is 23.2. The summed E-state index contributed by atoms with van der Waals surface area (Å²) in [5.74, 6) is -0.617. The van der Waals surface area contributed by atoms with Crippen molar-refractivity contribution >= 4 is 35.0 Å². The number of likely N-dealkylation sites (tertiary alicyclic amines) is 1. The van der Waals surface area contributed by atoms with Crippen LogP contribution in [0.3, 0.4) is 0 Å². The number of amides is 3. The maximum absolute atomic E-state index is 13.0. The second-order valence-corrected chi connectivity index (χ2v) is 8.77. The molecule has 3 aromatic carbocycles. The first-order valence-corrected chi connectivity index (χ1v) is 11.7. The Labute approximate surface area is 203 Å². The molecule has 3 aromatic rings. The van der Waals surface area contributed by atoms with Crippen molar-refractivity contribution in [2.45, 2.75) is 19.4 Å². The van der Waals surface area contributed by atoms with Crippen molar-refractivity contribution in [2.75, 3.05) is 18.4 Å². The van der Waals surface area contributed by atoms with Gasteiger partial charge in [-0.05, 0) is 66.9 Å². The monoisotopic (exact) mass is 475 g/mol. The summed E-state index contributed by atoms with van der Waals surface area (Å²) in [6.07, 6.45) is 1.55. The van der Waals surface area contributed by atoms with Crippen LogP contribution in [0.25, 0.3) is 0 Å². The lowest BCUT2D eigenvalue weighted by molar-refractivity contribution is -0.126. The summed E-state index contributed by atoms with van der Waals surface area (Å²) < 4.78 is 0. The number of carbonyl (C=O) groups excluding carboxylic acids is 3. The van der Waals surface area contributed by atoms with Gasteiger partial charge in [0.1, 0.15) is 0 Å². The fourth-order valence-corrected chi connectivity index (χ4v) is 4.11. The molecule has 3 amide bonds. The number of nitrogens with zero attached hydrogens (tertiary/aromatic N) is 1. The third-order valence-electron chi connectivity index (χ3n) is 5.89. The molecular formula is C27H26ClN3O3. The lowest BCUT2D eigenvalue weighted by atomic mass is 9.96. The van der Waals surface area contributed by atoms with Crippen molar-refractivity contribution in [3.05, 3.63) is 101 Å². The Bertz CT molecular complexity index is 1150. The third kappa shape index (κ3) is 6.02. The fourth-order valence-electron chi connectivity index (χ4n) is 3.99. The van der Waals surface area contributed by atoms with E-state index in [1.807, 2.05) is 30.3 Å². The van der Waals surface area contributed by atoms with Crippen molar-refractivity contribution in [3.63, 3.8) is 0 Å². The highest BCUT2D eigenvalue weighted by Crippen LogP contribution is 2.20. The van der Waals surface area contributed by atoms with Crippen LogP contribution in [0.4, 0.5) is 5.69 Å². The highest BCUT2D eigenvalue weighted by atomic mass is 35.5. The van der Waals surface area contributed by atoms with Gasteiger partial charge in [-0.3, -0.25) is 14.4 Å². The first-order valence-electron chi connectivity index (χ1n) is 11.3. The maximum Gasteiger partial charge on any atom is 0.255 e. The number of hydrogen-bond donors (Lipinski definition) is 2. The summed E-state index contributed by atoms with van der Waals surface area (Å²) in [5.41, 5.74) is 2.65. The van der Waals surface area contributed by atoms with E-state index in [-0.39, 0.29) is 23.6 Å². The van der Waals surface area contributed by atoms with Gasteiger partial charge in [0.25, 0.3) is 11.8 Å². The molecule has 1 saturated heterocycles. The number of anilines is 1. The van der Waals surface area contributed by atoms with Crippen LogP contribution in [0.1, 0.15) is 39.1 Å². The van der Waals surface area contributed by atoms with Crippen molar-refractivity contribution in [2.24, 2.45) is 5.92 Å². The second-order valence-electron chi connectivity index (χ2n) is 8.33. The van der Waals surface area contributed by atoms with Crippen molar-refractivity contribution in [1.82, 2.24) is 10.2 Å². The molecule has 0 bridgehead atoms. The zero-order valence-corrected chi connectivity index (χ0v) is 19.4. The van der Waals surface area contributed by atoms with Gasteiger partial charge in [0.2, 0.25) is 5.91 Å². The highest BCUT2D eigenvalue weighted by Gasteiger charge is 2.28. The van der Waals surface area contributed by atoms with Crippen molar-refractivity contribution in [1.29, 1.82) is 0 Å². The molecule has 1 fully saturated rings. The largest absolute Gasteiger partial charge is 0.352 e. The van der Waals surface area contributed by atoms with Gasteiger partial charge in [0, 0.05) is 41.5 Å². The van der Waals surface area contributed by atoms with Crippen molar-refractivity contribution < 1.29 is 14.4 Å². The molecule has 174 valence electrons. The number of rotatable bonds is 6. The second kappa shape index (κ2) is 11.0. The van der Waals surface area contributed by atoms with E-state index in [1.165, 1.54) is 0 Å². The van der Waals surface area contributed by atoms with Gasteiger partial charge in [-0.15, -0.1) is 0 Å². The summed E-state index contributed by atoms with van der Waals surface area (Å²) in [5, 5.41) is 6.36. The molecule has 0 aliphatic carbocycles. The molecular weight excluding hydrogens is 450 g/mol. The standard InChI is InChI=1S/C27H26ClN3O3/c28-23-12-8-20(9-13-23)26(33)30-24-14-10-21(11-15-24)27(34)31-16-4-7-22(18-31)25(32)29-17-19-5-2-1-3-6-19/h1-3,5-6,8-15,22H,4,7,16-18H2,(H,29,32)(H,30,33)/t22-/m1/s1. The van der Waals surface area contributed by atoms with Gasteiger partial charge in [-0.25, -0.2) is 0 Å². The maximum atomic E-state index is 13.0. The molecule has 4 rings (SSSR count). The van der Waals surface area contributed by atoms with E-state index in [0.717, 1.165) is 18.4 Å². The van der Waals surface area contributed by atoms with E-state index in [0.29, 0.717) is 41.5 Å². The summed E-state index contributed by atoms with van der Waals surface area (Å²) in [7, 11) is 0. The van der Waals surface area contributed by atoms with Crippen LogP contribution in [0, 0.1) is 5.92 Å². The van der Waals surface area contributed by atoms with Crippen molar-refractivity contribution in [3.8, 4) is 0 Å². The Kier molecular flexibility index (Phi) is 7.60. The fraction of sp³-hybridized carbons (Fsp3) is 0.222. The SMILES string of the molecule is O=C(Nc1ccc(C(=O)N2CCC[C@@H](C(=O)NCc3ccccc3)C2)cc1)c1ccc(Cl)cc1. The van der Waals surface area contributed by atoms with Crippen LogP contribution in [-0.4, -0.2) is 35.7 Å². The molecule has 1 aliphatic rings. The molecule has 0 saturated carbocycles. The molecule has 34 heavy (non-hydrogen) atoms. The normalized spacial score (nSPS) is 15.4. The van der Waals surface area contributed by atoms with Crippen LogP contribution in [-0.2, 0) is 11.3 Å². The van der Waals surface area contributed by atoms with Gasteiger partial charge >= 0.3 is 0 Å². The Morgan fingerprint density at radius 3 is 2.26 bits per heavy atom. The smallest absolute Gasteiger partial charge is 0.255 e. The van der Waals surface area contributed by atoms with Gasteiger partial charge in [-0.1, -0.05) is 41.9 Å². The quantitative estimate of drug-likeness (QED) is 0.539. The third-order valence-corrected chi connectivity index (χ3v) is 6.14. The lowest BCUT2D eigenvalue weighted by Gasteiger charge is -2.32. The minimum absolute atomic E-state index is 0.0263. The van der Waals surface area contributed by atoms with Gasteiger partial charge in [0.15, 0.2) is 0 Å². The minimum atomic E-state index is -0.254. The molecule has 6 nitrogen and oxygen atoms in total. The van der Waals surface area contributed by atoms with E-state index >= 15 is 0 Å². The highest BCUT2D eigenvalue weighted by molar-refractivity contribution is 6.30. The van der Waals surface area contributed by atoms with Gasteiger partial charge < -0.3 is 15.5 Å². The number of halogens is 1. The first kappa shape index (κ1) is 23.5. The van der Waals surface area contributed by atoms with E-state index < -0.39 is 0 Å². The van der Waals surface area contributed by atoms with Crippen LogP contribution >= 0.6 is 11.6 Å². The summed E-state index contributed by atoms with van der Waals surface area (Å²) in [4.78, 5) is 39.8. The number of benzene rings is 3. The molecule has 0 radical (unpaired) electrons. The zero-order chi connectivity index (χ0) is 23.9. The summed E-state index contributed by atoms with van der Waals surface area (Å²) >= 11 is 5.87. The minimum Gasteiger partial charge on any atom is -0.352 e. The molecule has 0 aromatic heterocycles. The number of nitrogens with one attached hydrogen (secondary N) is 2. The predicted molar refractivity (Wildman–Crippen MR) is 133 cm³/mol. The topological polar surface area (TPSA) is 78.5 Å². The Morgan fingerprint density at radius 1 is 0.882 bits per heavy atom. The van der Waals surface area contributed by atoms with Crippen LogP contribution in [0.2, 0.25) is 5.02 Å². The van der Waals surface area contributed by atoms with Crippen LogP contribution < -0.4 is 10.6 Å². The van der Waals surface area contributed by atoms with E-state index in [1.54, 1.807) is 53.4 Å². The van der Waals surface area contributed by atoms with Gasteiger partial charge in [-0.2, -0.15) is 0 Å². The summed E-state index contributed by atoms with van der Waals surface area (Å²) in [6.45, 7) is 1.50. The number of piperidine rings is 1. The first-order chi connectivity index (χ1) is 16.5. The Balaban J connectivity index is 1.32. The van der Waals surface area contributed by atoms with E-state index in [4.69, 9.17) is 11.6 Å². The lowest BCUT2D eigenvalue weighted by Crippen LogP contribution is -2.45. The number of hydrogen-bond acceptors (Lipinski definition) is 3. The van der Waals surface area contributed by atoms with Crippen LogP contribution in [0.5, 0.6) is 0 Å². The molecule has 0 unspecified atom stereocenters. The van der Waals surface area contributed by atoms with E-state index in [2.05, 4.69) is 10.6 Å². The molecule has 1 heterocycles. The molecule has 1 atom stereocenters.